The average Bonchev–Trinajstić information content (AvgIpc) is 2.60. The molecule has 0 aliphatic heterocycles. The highest BCUT2D eigenvalue weighted by atomic mass is 19.4. The van der Waals surface area contributed by atoms with Crippen LogP contribution in [0.25, 0.3) is 11.5 Å². The molecule has 0 aromatic carbocycles. The highest BCUT2D eigenvalue weighted by Gasteiger charge is 2.32. The highest BCUT2D eigenvalue weighted by molar-refractivity contribution is 5.57. The van der Waals surface area contributed by atoms with E-state index in [4.69, 9.17) is 4.74 Å². The second-order valence-electron chi connectivity index (χ2n) is 6.15. The quantitative estimate of drug-likeness (QED) is 0.699. The molecule has 3 aromatic heterocycles. The van der Waals surface area contributed by atoms with Gasteiger partial charge in [0.2, 0.25) is 5.95 Å². The minimum atomic E-state index is -4.57. The molecule has 0 amide bonds. The molecule has 0 unspecified atom stereocenters. The van der Waals surface area contributed by atoms with Crippen LogP contribution in [0.3, 0.4) is 0 Å². The summed E-state index contributed by atoms with van der Waals surface area (Å²) in [4.78, 5) is 20.2. The summed E-state index contributed by atoms with van der Waals surface area (Å²) in [5.41, 5.74) is 0.366. The number of aromatic nitrogens is 5. The molecule has 0 atom stereocenters. The fourth-order valence-electron chi connectivity index (χ4n) is 2.26. The summed E-state index contributed by atoms with van der Waals surface area (Å²) >= 11 is 0. The number of hydrogen-bond acceptors (Lipinski definition) is 7. The molecule has 3 aromatic rings. The Morgan fingerprint density at radius 2 is 1.82 bits per heavy atom. The normalized spacial score (nSPS) is 11.5. The molecule has 0 spiro atoms. The van der Waals surface area contributed by atoms with Gasteiger partial charge in [-0.3, -0.25) is 4.98 Å². The van der Waals surface area contributed by atoms with Gasteiger partial charge in [0.25, 0.3) is 0 Å². The fraction of sp³-hybridized carbons (Fsp3) is 0.278. The Bertz CT molecular complexity index is 978. The molecule has 0 saturated heterocycles. The Labute approximate surface area is 159 Å². The van der Waals surface area contributed by atoms with Crippen LogP contribution in [0, 0.1) is 6.92 Å². The van der Waals surface area contributed by atoms with Crippen LogP contribution < -0.4 is 10.1 Å². The number of nitrogens with zero attached hydrogens (tertiary/aromatic N) is 5. The van der Waals surface area contributed by atoms with Gasteiger partial charge in [-0.2, -0.15) is 28.1 Å². The van der Waals surface area contributed by atoms with Crippen LogP contribution in [0.15, 0.2) is 36.5 Å². The Morgan fingerprint density at radius 3 is 2.50 bits per heavy atom. The fourth-order valence-corrected chi connectivity index (χ4v) is 2.26. The lowest BCUT2D eigenvalue weighted by molar-refractivity contribution is -0.141. The van der Waals surface area contributed by atoms with Gasteiger partial charge in [0.05, 0.1) is 6.10 Å². The molecule has 0 aliphatic carbocycles. The van der Waals surface area contributed by atoms with Gasteiger partial charge in [0, 0.05) is 17.6 Å². The van der Waals surface area contributed by atoms with Crippen LogP contribution >= 0.6 is 0 Å². The van der Waals surface area contributed by atoms with Gasteiger partial charge in [-0.25, -0.2) is 4.98 Å². The average molecular weight is 390 g/mol. The summed E-state index contributed by atoms with van der Waals surface area (Å²) in [5, 5.41) is 2.98. The van der Waals surface area contributed by atoms with Gasteiger partial charge < -0.3 is 10.1 Å². The van der Waals surface area contributed by atoms with E-state index >= 15 is 0 Å². The van der Waals surface area contributed by atoms with E-state index in [-0.39, 0.29) is 29.6 Å². The molecule has 0 aliphatic rings. The molecule has 146 valence electrons. The second kappa shape index (κ2) is 7.75. The highest BCUT2D eigenvalue weighted by Crippen LogP contribution is 2.29. The largest absolute Gasteiger partial charge is 0.461 e. The van der Waals surface area contributed by atoms with Crippen LogP contribution in [0.4, 0.5) is 24.8 Å². The number of anilines is 2. The summed E-state index contributed by atoms with van der Waals surface area (Å²) in [6, 6.07) is 6.99. The van der Waals surface area contributed by atoms with Crippen molar-refractivity contribution < 1.29 is 17.9 Å². The molecular formula is C18H17F3N6O. The van der Waals surface area contributed by atoms with E-state index in [0.29, 0.717) is 5.69 Å². The van der Waals surface area contributed by atoms with Crippen molar-refractivity contribution in [2.24, 2.45) is 0 Å². The molecule has 3 rings (SSSR count). The van der Waals surface area contributed by atoms with E-state index in [2.05, 4.69) is 30.2 Å². The summed E-state index contributed by atoms with van der Waals surface area (Å²) in [5.74, 6) is 0.0792. The Balaban J connectivity index is 2.03. The second-order valence-corrected chi connectivity index (χ2v) is 6.15. The number of halogens is 3. The van der Waals surface area contributed by atoms with Crippen LogP contribution in [0.5, 0.6) is 6.01 Å². The van der Waals surface area contributed by atoms with E-state index in [1.54, 1.807) is 32.2 Å². The predicted octanol–water partition coefficient (Wildman–Crippen LogP) is 4.19. The van der Waals surface area contributed by atoms with Crippen molar-refractivity contribution in [2.75, 3.05) is 5.32 Å². The van der Waals surface area contributed by atoms with Crippen molar-refractivity contribution in [2.45, 2.75) is 33.1 Å². The first-order chi connectivity index (χ1) is 13.2. The zero-order valence-corrected chi connectivity index (χ0v) is 15.3. The van der Waals surface area contributed by atoms with Crippen LogP contribution in [-0.2, 0) is 6.18 Å². The smallest absolute Gasteiger partial charge is 0.433 e. The topological polar surface area (TPSA) is 85.7 Å². The van der Waals surface area contributed by atoms with Crippen LogP contribution in [0.1, 0.15) is 25.2 Å². The first kappa shape index (κ1) is 19.5. The minimum absolute atomic E-state index is 0.0208. The predicted molar refractivity (Wildman–Crippen MR) is 96.1 cm³/mol. The number of alkyl halides is 3. The number of aryl methyl sites for hydroxylation is 1. The third-order valence-corrected chi connectivity index (χ3v) is 3.38. The van der Waals surface area contributed by atoms with Gasteiger partial charge in [0.15, 0.2) is 5.82 Å². The van der Waals surface area contributed by atoms with Crippen LogP contribution in [0.2, 0.25) is 0 Å². The maximum Gasteiger partial charge on any atom is 0.433 e. The first-order valence-corrected chi connectivity index (χ1v) is 8.38. The van der Waals surface area contributed by atoms with E-state index in [1.165, 1.54) is 12.1 Å². The van der Waals surface area contributed by atoms with E-state index in [9.17, 15) is 13.2 Å². The maximum atomic E-state index is 13.0. The maximum absolute atomic E-state index is 13.0. The van der Waals surface area contributed by atoms with Crippen LogP contribution in [-0.4, -0.2) is 31.0 Å². The molecule has 0 saturated carbocycles. The molecule has 0 radical (unpaired) electrons. The number of hydrogen-bond donors (Lipinski definition) is 1. The Morgan fingerprint density at radius 1 is 1.04 bits per heavy atom. The number of ether oxygens (including phenoxy) is 1. The summed E-state index contributed by atoms with van der Waals surface area (Å²) in [6.45, 7) is 5.39. The Kier molecular flexibility index (Phi) is 5.39. The Hall–Kier alpha value is -3.30. The van der Waals surface area contributed by atoms with Gasteiger partial charge in [-0.05, 0) is 45.0 Å². The number of nitrogens with one attached hydrogen (secondary N) is 1. The number of rotatable bonds is 5. The molecule has 28 heavy (non-hydrogen) atoms. The van der Waals surface area contributed by atoms with Crippen molar-refractivity contribution in [1.29, 1.82) is 0 Å². The molecule has 0 bridgehead atoms. The summed E-state index contributed by atoms with van der Waals surface area (Å²) in [6.07, 6.45) is -3.20. The zero-order chi connectivity index (χ0) is 20.3. The monoisotopic (exact) mass is 390 g/mol. The molecule has 7 nitrogen and oxygen atoms in total. The first-order valence-electron chi connectivity index (χ1n) is 8.38. The third-order valence-electron chi connectivity index (χ3n) is 3.38. The van der Waals surface area contributed by atoms with Crippen molar-refractivity contribution in [3.63, 3.8) is 0 Å². The van der Waals surface area contributed by atoms with E-state index < -0.39 is 11.9 Å². The zero-order valence-electron chi connectivity index (χ0n) is 15.3. The third kappa shape index (κ3) is 4.90. The molecule has 0 fully saturated rings. The minimum Gasteiger partial charge on any atom is -0.461 e. The SMILES string of the molecule is Cc1cc(Nc2nc(OC(C)C)nc(-c3cccc(C(F)(F)F)n3)n2)ccn1. The van der Waals surface area contributed by atoms with Crippen molar-refractivity contribution in [1.82, 2.24) is 24.9 Å². The van der Waals surface area contributed by atoms with Crippen molar-refractivity contribution in [3.05, 3.63) is 47.9 Å². The lowest BCUT2D eigenvalue weighted by Gasteiger charge is -2.12. The standard InChI is InChI=1S/C18H17F3N6O/c1-10(2)28-17-26-15(13-5-4-6-14(24-13)18(19,20)21)25-16(27-17)23-12-7-8-22-11(3)9-12/h4-10H,1-3H3,(H,22,23,25,26,27). The summed E-state index contributed by atoms with van der Waals surface area (Å²) in [7, 11) is 0. The van der Waals surface area contributed by atoms with Crippen molar-refractivity contribution >= 4 is 11.6 Å². The van der Waals surface area contributed by atoms with Gasteiger partial charge in [-0.1, -0.05) is 6.07 Å². The molecule has 3 heterocycles. The lowest BCUT2D eigenvalue weighted by Crippen LogP contribution is -2.12. The van der Waals surface area contributed by atoms with Gasteiger partial charge in [0.1, 0.15) is 11.4 Å². The summed E-state index contributed by atoms with van der Waals surface area (Å²) < 4.78 is 44.5. The molecule has 10 heteroatoms. The lowest BCUT2D eigenvalue weighted by atomic mass is 10.3. The molecule has 1 N–H and O–H groups in total. The van der Waals surface area contributed by atoms with Crippen molar-refractivity contribution in [3.8, 4) is 17.5 Å². The van der Waals surface area contributed by atoms with E-state index in [1.807, 2.05) is 6.92 Å². The molecular weight excluding hydrogens is 373 g/mol. The van der Waals surface area contributed by atoms with Gasteiger partial charge in [-0.15, -0.1) is 0 Å². The number of pyridine rings is 2. The van der Waals surface area contributed by atoms with E-state index in [0.717, 1.165) is 11.8 Å². The van der Waals surface area contributed by atoms with Gasteiger partial charge >= 0.3 is 12.2 Å².